The summed E-state index contributed by atoms with van der Waals surface area (Å²) in [5.41, 5.74) is 1.37. The number of terminal acetylenes is 1. The maximum absolute atomic E-state index is 12.7. The molecule has 0 aliphatic carbocycles. The summed E-state index contributed by atoms with van der Waals surface area (Å²) in [6.45, 7) is 6.77. The summed E-state index contributed by atoms with van der Waals surface area (Å²) in [4.78, 5) is 27.1. The number of carbonyl (C=O) groups excluding carboxylic acids is 2. The van der Waals surface area contributed by atoms with Gasteiger partial charge >= 0.3 is 0 Å². The van der Waals surface area contributed by atoms with Crippen LogP contribution in [-0.2, 0) is 9.59 Å². The normalized spacial score (nSPS) is 18.2. The van der Waals surface area contributed by atoms with E-state index in [2.05, 4.69) is 79.5 Å². The first-order valence-corrected chi connectivity index (χ1v) is 13.7. The molecule has 2 N–H and O–H groups in total. The predicted octanol–water partition coefficient (Wildman–Crippen LogP) is 3.19. The largest absolute Gasteiger partial charge is 0.346 e. The molecule has 0 aromatic heterocycles. The minimum atomic E-state index is -0.268. The highest BCUT2D eigenvalue weighted by Gasteiger charge is 2.31. The van der Waals surface area contributed by atoms with E-state index in [0.29, 0.717) is 12.1 Å². The van der Waals surface area contributed by atoms with Gasteiger partial charge in [-0.25, -0.2) is 8.61 Å². The van der Waals surface area contributed by atoms with Gasteiger partial charge in [-0.05, 0) is 48.9 Å². The van der Waals surface area contributed by atoms with Crippen LogP contribution in [0.4, 0.5) is 0 Å². The first-order chi connectivity index (χ1) is 17.5. The molecule has 2 aromatic carbocycles. The topological polar surface area (TPSA) is 67.9 Å². The van der Waals surface area contributed by atoms with Crippen LogP contribution in [0.2, 0.25) is 0 Å². The fourth-order valence-corrected chi connectivity index (χ4v) is 6.34. The summed E-state index contributed by atoms with van der Waals surface area (Å²) in [5.74, 6) is 1.96. The summed E-state index contributed by atoms with van der Waals surface area (Å²) < 4.78 is 4.60. The van der Waals surface area contributed by atoms with Crippen LogP contribution in [0.25, 0.3) is 10.8 Å². The fourth-order valence-electron chi connectivity index (χ4n) is 5.10. The smallest absolute Gasteiger partial charge is 0.240 e. The van der Waals surface area contributed by atoms with Crippen molar-refractivity contribution in [1.29, 1.82) is 0 Å². The lowest BCUT2D eigenvalue weighted by atomic mass is 9.96. The third-order valence-corrected chi connectivity index (χ3v) is 8.38. The number of hydrogen-bond acceptors (Lipinski definition) is 6. The van der Waals surface area contributed by atoms with Crippen LogP contribution in [-0.4, -0.2) is 77.2 Å². The molecule has 36 heavy (non-hydrogen) atoms. The Bertz CT molecular complexity index is 1070. The lowest BCUT2D eigenvalue weighted by Gasteiger charge is -2.41. The number of amides is 2. The summed E-state index contributed by atoms with van der Waals surface area (Å²) in [5, 5.41) is 7.93. The fraction of sp³-hybridized carbons (Fsp3) is 0.500. The standard InChI is InChI=1S/C28H37N5O2S/c1-3-15-29-27(34)20-30-28(35)21-33(36-32-16-6-7-17-32)24-13-18-31(19-14-24)22(2)25-12-8-10-23-9-4-5-11-26(23)25/h1,4-5,8-12,22,24H,6-7,13-21H2,2H3,(H,29,34)(H,30,35)/t22-/m0/s1. The molecule has 0 spiro atoms. The van der Waals surface area contributed by atoms with Gasteiger partial charge in [-0.1, -0.05) is 48.4 Å². The van der Waals surface area contributed by atoms with E-state index in [1.54, 1.807) is 12.1 Å². The number of nitrogens with zero attached hydrogens (tertiary/aromatic N) is 3. The van der Waals surface area contributed by atoms with E-state index in [0.717, 1.165) is 39.0 Å². The van der Waals surface area contributed by atoms with Crippen LogP contribution in [0.3, 0.4) is 0 Å². The summed E-state index contributed by atoms with van der Waals surface area (Å²) in [6.07, 6.45) is 9.58. The minimum Gasteiger partial charge on any atom is -0.346 e. The second-order valence-electron chi connectivity index (χ2n) is 9.56. The molecular formula is C28H37N5O2S. The maximum atomic E-state index is 12.7. The van der Waals surface area contributed by atoms with Crippen molar-refractivity contribution in [3.05, 3.63) is 48.0 Å². The Kier molecular flexibility index (Phi) is 9.65. The number of carbonyl (C=O) groups is 2. The van der Waals surface area contributed by atoms with Crippen LogP contribution < -0.4 is 10.6 Å². The van der Waals surface area contributed by atoms with Crippen molar-refractivity contribution in [3.8, 4) is 12.3 Å². The third-order valence-electron chi connectivity index (χ3n) is 7.15. The van der Waals surface area contributed by atoms with Gasteiger partial charge in [0.15, 0.2) is 0 Å². The Morgan fingerprint density at radius 1 is 1.06 bits per heavy atom. The van der Waals surface area contributed by atoms with Crippen LogP contribution in [0.15, 0.2) is 42.5 Å². The Balaban J connectivity index is 1.35. The zero-order valence-corrected chi connectivity index (χ0v) is 21.9. The van der Waals surface area contributed by atoms with Crippen LogP contribution >= 0.6 is 12.1 Å². The number of likely N-dealkylation sites (tertiary alicyclic amines) is 1. The van der Waals surface area contributed by atoms with E-state index in [1.165, 1.54) is 29.2 Å². The highest BCUT2D eigenvalue weighted by molar-refractivity contribution is 7.94. The molecule has 0 radical (unpaired) electrons. The molecule has 192 valence electrons. The Hall–Kier alpha value is -2.57. The number of benzene rings is 2. The summed E-state index contributed by atoms with van der Waals surface area (Å²) in [6, 6.07) is 15.8. The molecule has 0 unspecified atom stereocenters. The minimum absolute atomic E-state index is 0.0519. The van der Waals surface area contributed by atoms with Gasteiger partial charge < -0.3 is 10.6 Å². The predicted molar refractivity (Wildman–Crippen MR) is 147 cm³/mol. The van der Waals surface area contributed by atoms with Crippen LogP contribution in [0, 0.1) is 12.3 Å². The van der Waals surface area contributed by atoms with Gasteiger partial charge in [-0.2, -0.15) is 0 Å². The van der Waals surface area contributed by atoms with Crippen molar-refractivity contribution in [2.24, 2.45) is 0 Å². The van der Waals surface area contributed by atoms with Gasteiger partial charge in [0.05, 0.1) is 19.6 Å². The van der Waals surface area contributed by atoms with E-state index in [4.69, 9.17) is 6.42 Å². The maximum Gasteiger partial charge on any atom is 0.240 e. The number of fused-ring (bicyclic) bond motifs is 1. The molecule has 2 amide bonds. The van der Waals surface area contributed by atoms with Gasteiger partial charge in [-0.3, -0.25) is 14.5 Å². The summed E-state index contributed by atoms with van der Waals surface area (Å²) in [7, 11) is 0. The monoisotopic (exact) mass is 507 g/mol. The molecule has 1 atom stereocenters. The molecule has 2 aliphatic heterocycles. The van der Waals surface area contributed by atoms with Gasteiger partial charge in [0, 0.05) is 50.4 Å². The molecule has 2 aliphatic rings. The molecule has 4 rings (SSSR count). The van der Waals surface area contributed by atoms with Crippen molar-refractivity contribution >= 4 is 34.7 Å². The van der Waals surface area contributed by atoms with Gasteiger partial charge in [0.2, 0.25) is 11.8 Å². The second kappa shape index (κ2) is 13.1. The molecule has 0 saturated carbocycles. The van der Waals surface area contributed by atoms with Gasteiger partial charge in [0.1, 0.15) is 0 Å². The first kappa shape index (κ1) is 26.5. The van der Waals surface area contributed by atoms with E-state index in [1.807, 2.05) is 0 Å². The van der Waals surface area contributed by atoms with E-state index >= 15 is 0 Å². The lowest BCUT2D eigenvalue weighted by molar-refractivity contribution is -0.126. The Morgan fingerprint density at radius 2 is 1.78 bits per heavy atom. The van der Waals surface area contributed by atoms with Crippen molar-refractivity contribution in [2.45, 2.75) is 44.7 Å². The van der Waals surface area contributed by atoms with E-state index in [9.17, 15) is 9.59 Å². The highest BCUT2D eigenvalue weighted by atomic mass is 32.2. The number of piperidine rings is 1. The number of hydrogen-bond donors (Lipinski definition) is 2. The first-order valence-electron chi connectivity index (χ1n) is 12.9. The molecule has 2 fully saturated rings. The molecular weight excluding hydrogens is 470 g/mol. The molecule has 2 heterocycles. The molecule has 2 saturated heterocycles. The van der Waals surface area contributed by atoms with E-state index < -0.39 is 0 Å². The van der Waals surface area contributed by atoms with Crippen molar-refractivity contribution in [3.63, 3.8) is 0 Å². The number of nitrogens with one attached hydrogen (secondary N) is 2. The molecule has 2 aromatic rings. The Morgan fingerprint density at radius 3 is 2.53 bits per heavy atom. The van der Waals surface area contributed by atoms with Crippen molar-refractivity contribution in [1.82, 2.24) is 24.1 Å². The molecule has 0 bridgehead atoms. The second-order valence-corrected chi connectivity index (χ2v) is 10.7. The van der Waals surface area contributed by atoms with E-state index in [-0.39, 0.29) is 31.4 Å². The van der Waals surface area contributed by atoms with Crippen LogP contribution in [0.5, 0.6) is 0 Å². The Labute approximate surface area is 219 Å². The zero-order valence-electron chi connectivity index (χ0n) is 21.1. The average Bonchev–Trinajstić information content (AvgIpc) is 3.43. The quantitative estimate of drug-likeness (QED) is 0.380. The van der Waals surface area contributed by atoms with Crippen molar-refractivity contribution < 1.29 is 9.59 Å². The van der Waals surface area contributed by atoms with Gasteiger partial charge in [-0.15, -0.1) is 6.42 Å². The van der Waals surface area contributed by atoms with Crippen LogP contribution in [0.1, 0.15) is 44.2 Å². The lowest BCUT2D eigenvalue weighted by Crippen LogP contribution is -2.48. The zero-order chi connectivity index (χ0) is 25.3. The molecule has 7 nitrogen and oxygen atoms in total. The SMILES string of the molecule is C#CCNC(=O)CNC(=O)CN(SN1CCCC1)C1CCN([C@@H](C)c2cccc3ccccc23)CC1. The van der Waals surface area contributed by atoms with Crippen molar-refractivity contribution in [2.75, 3.05) is 45.8 Å². The molecule has 8 heteroatoms. The number of rotatable bonds is 10. The average molecular weight is 508 g/mol. The van der Waals surface area contributed by atoms with Gasteiger partial charge in [0.25, 0.3) is 0 Å². The third kappa shape index (κ3) is 7.01. The highest BCUT2D eigenvalue weighted by Crippen LogP contribution is 2.33. The summed E-state index contributed by atoms with van der Waals surface area (Å²) >= 11 is 1.70.